The van der Waals surface area contributed by atoms with Crippen LogP contribution >= 0.6 is 0 Å². The number of halogens is 2. The van der Waals surface area contributed by atoms with E-state index in [0.717, 1.165) is 12.1 Å². The van der Waals surface area contributed by atoms with E-state index in [4.69, 9.17) is 11.0 Å². The van der Waals surface area contributed by atoms with Gasteiger partial charge in [0.2, 0.25) is 0 Å². The van der Waals surface area contributed by atoms with E-state index in [-0.39, 0.29) is 22.6 Å². The fraction of sp³-hybridized carbons (Fsp3) is 0. The molecule has 0 aliphatic carbocycles. The van der Waals surface area contributed by atoms with E-state index >= 15 is 0 Å². The zero-order chi connectivity index (χ0) is 14.3. The third-order valence-corrected chi connectivity index (χ3v) is 2.90. The summed E-state index contributed by atoms with van der Waals surface area (Å²) in [5.41, 5.74) is 5.69. The van der Waals surface area contributed by atoms with Crippen molar-refractivity contribution in [2.24, 2.45) is 0 Å². The highest BCUT2D eigenvalue weighted by atomic mass is 19.1. The maximum Gasteiger partial charge on any atom is 0.167 e. The molecule has 2 heterocycles. The Balaban J connectivity index is 2.26. The van der Waals surface area contributed by atoms with Gasteiger partial charge in [-0.15, -0.1) is 0 Å². The third kappa shape index (κ3) is 1.66. The van der Waals surface area contributed by atoms with Gasteiger partial charge in [-0.3, -0.25) is 4.98 Å². The van der Waals surface area contributed by atoms with Crippen LogP contribution in [0.3, 0.4) is 0 Å². The van der Waals surface area contributed by atoms with Crippen LogP contribution in [0.5, 0.6) is 0 Å². The minimum atomic E-state index is -0.863. The van der Waals surface area contributed by atoms with Crippen LogP contribution < -0.4 is 5.73 Å². The Morgan fingerprint density at radius 3 is 2.80 bits per heavy atom. The first kappa shape index (κ1) is 12.0. The van der Waals surface area contributed by atoms with E-state index in [0.29, 0.717) is 5.52 Å². The number of nitrogen functional groups attached to an aromatic ring is 1. The molecule has 98 valence electrons. The maximum atomic E-state index is 13.9. The number of imidazole rings is 1. The molecule has 2 N–H and O–H groups in total. The van der Waals surface area contributed by atoms with Gasteiger partial charge in [0, 0.05) is 6.20 Å². The van der Waals surface area contributed by atoms with Crippen LogP contribution in [-0.4, -0.2) is 14.4 Å². The molecule has 0 aliphatic heterocycles. The van der Waals surface area contributed by atoms with Crippen LogP contribution in [0.15, 0.2) is 30.9 Å². The first-order valence-corrected chi connectivity index (χ1v) is 5.58. The molecule has 7 heteroatoms. The Kier molecular flexibility index (Phi) is 2.57. The van der Waals surface area contributed by atoms with Crippen molar-refractivity contribution in [1.82, 2.24) is 14.4 Å². The molecule has 5 nitrogen and oxygen atoms in total. The molecule has 2 aromatic heterocycles. The summed E-state index contributed by atoms with van der Waals surface area (Å²) in [6.45, 7) is 0. The van der Waals surface area contributed by atoms with Crippen molar-refractivity contribution in [3.05, 3.63) is 48.2 Å². The lowest BCUT2D eigenvalue weighted by molar-refractivity contribution is 0.591. The van der Waals surface area contributed by atoms with Gasteiger partial charge in [-0.1, -0.05) is 0 Å². The SMILES string of the molecule is N#Cc1ncn2cc(-c3c(F)ccc(N)c3F)ncc12. The van der Waals surface area contributed by atoms with Crippen LogP contribution in [-0.2, 0) is 0 Å². The van der Waals surface area contributed by atoms with Crippen LogP contribution in [0.1, 0.15) is 5.69 Å². The number of anilines is 1. The molecule has 1 aromatic carbocycles. The van der Waals surface area contributed by atoms with E-state index in [2.05, 4.69) is 9.97 Å². The van der Waals surface area contributed by atoms with Crippen molar-refractivity contribution >= 4 is 11.2 Å². The van der Waals surface area contributed by atoms with E-state index < -0.39 is 11.6 Å². The van der Waals surface area contributed by atoms with Gasteiger partial charge in [-0.05, 0) is 12.1 Å². The number of aromatic nitrogens is 3. The number of hydrogen-bond donors (Lipinski definition) is 1. The van der Waals surface area contributed by atoms with Crippen LogP contribution in [0.2, 0.25) is 0 Å². The normalized spacial score (nSPS) is 10.7. The second kappa shape index (κ2) is 4.28. The minimum absolute atomic E-state index is 0.0710. The average molecular weight is 271 g/mol. The number of hydrogen-bond acceptors (Lipinski definition) is 4. The summed E-state index contributed by atoms with van der Waals surface area (Å²) >= 11 is 0. The molecule has 0 spiro atoms. The van der Waals surface area contributed by atoms with Crippen molar-refractivity contribution in [3.63, 3.8) is 0 Å². The van der Waals surface area contributed by atoms with Gasteiger partial charge in [-0.25, -0.2) is 13.8 Å². The molecule has 0 atom stereocenters. The minimum Gasteiger partial charge on any atom is -0.396 e. The Morgan fingerprint density at radius 1 is 1.25 bits per heavy atom. The summed E-state index contributed by atoms with van der Waals surface area (Å²) in [7, 11) is 0. The quantitative estimate of drug-likeness (QED) is 0.687. The number of benzene rings is 1. The molecule has 0 unspecified atom stereocenters. The van der Waals surface area contributed by atoms with Crippen molar-refractivity contribution < 1.29 is 8.78 Å². The highest BCUT2D eigenvalue weighted by Crippen LogP contribution is 2.28. The summed E-state index contributed by atoms with van der Waals surface area (Å²) in [5.74, 6) is -1.62. The molecular weight excluding hydrogens is 264 g/mol. The van der Waals surface area contributed by atoms with Crippen LogP contribution in [0.4, 0.5) is 14.5 Å². The molecule has 20 heavy (non-hydrogen) atoms. The first-order chi connectivity index (χ1) is 9.61. The second-order valence-electron chi connectivity index (χ2n) is 4.10. The van der Waals surface area contributed by atoms with Gasteiger partial charge in [0.1, 0.15) is 23.7 Å². The molecule has 0 saturated carbocycles. The molecule has 0 saturated heterocycles. The zero-order valence-corrected chi connectivity index (χ0v) is 10.0. The summed E-state index contributed by atoms with van der Waals surface area (Å²) in [6.07, 6.45) is 4.11. The standard InChI is InChI=1S/C13H7F2N5/c14-7-1-2-8(17)13(15)12(7)10-5-20-6-19-9(3-16)11(20)4-18-10/h1-2,4-6H,17H2. The molecular formula is C13H7F2N5. The van der Waals surface area contributed by atoms with Gasteiger partial charge >= 0.3 is 0 Å². The van der Waals surface area contributed by atoms with Crippen molar-refractivity contribution in [3.8, 4) is 17.3 Å². The maximum absolute atomic E-state index is 13.9. The lowest BCUT2D eigenvalue weighted by Gasteiger charge is -2.07. The smallest absolute Gasteiger partial charge is 0.167 e. The van der Waals surface area contributed by atoms with Gasteiger partial charge in [0.25, 0.3) is 0 Å². The fourth-order valence-electron chi connectivity index (χ4n) is 1.92. The van der Waals surface area contributed by atoms with Gasteiger partial charge in [0.15, 0.2) is 11.5 Å². The zero-order valence-electron chi connectivity index (χ0n) is 10.0. The Labute approximate surface area is 111 Å². The Morgan fingerprint density at radius 2 is 2.05 bits per heavy atom. The van der Waals surface area contributed by atoms with Crippen molar-refractivity contribution in [2.45, 2.75) is 0 Å². The summed E-state index contributed by atoms with van der Waals surface area (Å²) < 4.78 is 29.2. The first-order valence-electron chi connectivity index (χ1n) is 5.58. The van der Waals surface area contributed by atoms with E-state index in [9.17, 15) is 8.78 Å². The van der Waals surface area contributed by atoms with Crippen molar-refractivity contribution in [1.29, 1.82) is 5.26 Å². The largest absolute Gasteiger partial charge is 0.396 e. The van der Waals surface area contributed by atoms with Crippen LogP contribution in [0.25, 0.3) is 16.8 Å². The molecule has 3 aromatic rings. The van der Waals surface area contributed by atoms with Crippen LogP contribution in [0, 0.1) is 23.0 Å². The Bertz CT molecular complexity index is 863. The summed E-state index contributed by atoms with van der Waals surface area (Å²) in [5, 5.41) is 8.85. The number of fused-ring (bicyclic) bond motifs is 1. The highest BCUT2D eigenvalue weighted by molar-refractivity contribution is 5.67. The van der Waals surface area contributed by atoms with Gasteiger partial charge in [-0.2, -0.15) is 5.26 Å². The Hall–Kier alpha value is -3.01. The third-order valence-electron chi connectivity index (χ3n) is 2.90. The lowest BCUT2D eigenvalue weighted by Crippen LogP contribution is -1.99. The molecule has 0 bridgehead atoms. The predicted octanol–water partition coefficient (Wildman–Crippen LogP) is 2.13. The lowest BCUT2D eigenvalue weighted by atomic mass is 10.1. The number of nitrogens with two attached hydrogens (primary N) is 1. The monoisotopic (exact) mass is 271 g/mol. The molecule has 0 aliphatic rings. The predicted molar refractivity (Wildman–Crippen MR) is 67.5 cm³/mol. The molecule has 3 rings (SSSR count). The van der Waals surface area contributed by atoms with E-state index in [1.807, 2.05) is 6.07 Å². The molecule has 0 amide bonds. The molecule has 0 fully saturated rings. The average Bonchev–Trinajstić information content (AvgIpc) is 2.86. The highest BCUT2D eigenvalue weighted by Gasteiger charge is 2.16. The van der Waals surface area contributed by atoms with Gasteiger partial charge < -0.3 is 10.1 Å². The van der Waals surface area contributed by atoms with Gasteiger partial charge in [0.05, 0.1) is 23.1 Å². The van der Waals surface area contributed by atoms with Crippen molar-refractivity contribution in [2.75, 3.05) is 5.73 Å². The van der Waals surface area contributed by atoms with E-state index in [1.54, 1.807) is 0 Å². The second-order valence-corrected chi connectivity index (χ2v) is 4.10. The number of nitriles is 1. The van der Waals surface area contributed by atoms with E-state index in [1.165, 1.54) is 23.1 Å². The topological polar surface area (TPSA) is 80.0 Å². The fourth-order valence-corrected chi connectivity index (χ4v) is 1.92. The number of nitrogens with zero attached hydrogens (tertiary/aromatic N) is 4. The molecule has 0 radical (unpaired) electrons. The number of rotatable bonds is 1. The summed E-state index contributed by atoms with van der Waals surface area (Å²) in [4.78, 5) is 7.83. The summed E-state index contributed by atoms with van der Waals surface area (Å²) in [6, 6.07) is 4.13.